The normalized spacial score (nSPS) is 11.3. The highest BCUT2D eigenvalue weighted by molar-refractivity contribution is 7.92. The SMILES string of the molecule is COc1ccccc1NS(=O)(=O)c1ccc(C(=O)N(CCN(C)C)Cc2ccc(F)cc2)cc1. The van der Waals surface area contributed by atoms with Gasteiger partial charge in [0.25, 0.3) is 15.9 Å². The Balaban J connectivity index is 1.79. The minimum Gasteiger partial charge on any atom is -0.495 e. The van der Waals surface area contributed by atoms with Crippen molar-refractivity contribution in [3.63, 3.8) is 0 Å². The number of amides is 1. The summed E-state index contributed by atoms with van der Waals surface area (Å²) in [5.74, 6) is -0.184. The maximum atomic E-state index is 13.3. The molecule has 0 saturated carbocycles. The molecule has 180 valence electrons. The van der Waals surface area contributed by atoms with E-state index >= 15 is 0 Å². The van der Waals surface area contributed by atoms with E-state index in [0.29, 0.717) is 36.6 Å². The number of halogens is 1. The summed E-state index contributed by atoms with van der Waals surface area (Å²) in [6.07, 6.45) is 0. The van der Waals surface area contributed by atoms with Crippen molar-refractivity contribution < 1.29 is 22.3 Å². The largest absolute Gasteiger partial charge is 0.495 e. The molecule has 1 amide bonds. The van der Waals surface area contributed by atoms with Crippen LogP contribution in [0.25, 0.3) is 0 Å². The standard InChI is InChI=1S/C25H28FN3O4S/c1-28(2)16-17-29(18-19-8-12-21(26)13-9-19)25(30)20-10-14-22(15-11-20)34(31,32)27-23-6-4-5-7-24(23)33-3/h4-15,27H,16-18H2,1-3H3. The van der Waals surface area contributed by atoms with E-state index in [2.05, 4.69) is 4.72 Å². The number of hydrogen-bond acceptors (Lipinski definition) is 5. The monoisotopic (exact) mass is 485 g/mol. The zero-order valence-electron chi connectivity index (χ0n) is 19.4. The van der Waals surface area contributed by atoms with Gasteiger partial charge in [0, 0.05) is 25.2 Å². The molecule has 0 fully saturated rings. The predicted molar refractivity (Wildman–Crippen MR) is 130 cm³/mol. The first-order valence-electron chi connectivity index (χ1n) is 10.6. The Morgan fingerprint density at radius 2 is 1.59 bits per heavy atom. The van der Waals surface area contributed by atoms with E-state index in [9.17, 15) is 17.6 Å². The van der Waals surface area contributed by atoms with Gasteiger partial charge in [-0.3, -0.25) is 9.52 Å². The molecule has 0 aliphatic carbocycles. The number of nitrogens with zero attached hydrogens (tertiary/aromatic N) is 2. The first-order valence-corrected chi connectivity index (χ1v) is 12.1. The van der Waals surface area contributed by atoms with Crippen LogP contribution in [0.4, 0.5) is 10.1 Å². The van der Waals surface area contributed by atoms with Gasteiger partial charge >= 0.3 is 0 Å². The molecule has 0 radical (unpaired) electrons. The lowest BCUT2D eigenvalue weighted by molar-refractivity contribution is 0.0732. The van der Waals surface area contributed by atoms with Crippen molar-refractivity contribution in [1.29, 1.82) is 0 Å². The number of para-hydroxylation sites is 2. The highest BCUT2D eigenvalue weighted by Crippen LogP contribution is 2.26. The van der Waals surface area contributed by atoms with Crippen LogP contribution >= 0.6 is 0 Å². The Bertz CT molecular complexity index is 1210. The third-order valence-corrected chi connectivity index (χ3v) is 6.54. The van der Waals surface area contributed by atoms with Crippen LogP contribution in [-0.2, 0) is 16.6 Å². The molecule has 9 heteroatoms. The van der Waals surface area contributed by atoms with Gasteiger partial charge in [-0.25, -0.2) is 12.8 Å². The summed E-state index contributed by atoms with van der Waals surface area (Å²) in [5.41, 5.74) is 1.48. The molecule has 0 heterocycles. The van der Waals surface area contributed by atoms with Crippen LogP contribution in [0.5, 0.6) is 5.75 Å². The highest BCUT2D eigenvalue weighted by Gasteiger charge is 2.20. The van der Waals surface area contributed by atoms with E-state index in [-0.39, 0.29) is 16.6 Å². The predicted octanol–water partition coefficient (Wildman–Crippen LogP) is 3.84. The lowest BCUT2D eigenvalue weighted by Crippen LogP contribution is -2.36. The third kappa shape index (κ3) is 6.55. The molecule has 0 aromatic heterocycles. The zero-order chi connectivity index (χ0) is 24.7. The van der Waals surface area contributed by atoms with Crippen molar-refractivity contribution in [1.82, 2.24) is 9.80 Å². The molecule has 3 aromatic rings. The molecule has 0 aliphatic rings. The first-order chi connectivity index (χ1) is 16.2. The van der Waals surface area contributed by atoms with Gasteiger partial charge in [-0.15, -0.1) is 0 Å². The van der Waals surface area contributed by atoms with Crippen LogP contribution in [0.3, 0.4) is 0 Å². The fourth-order valence-electron chi connectivity index (χ4n) is 3.28. The van der Waals surface area contributed by atoms with Gasteiger partial charge in [0.05, 0.1) is 17.7 Å². The summed E-state index contributed by atoms with van der Waals surface area (Å²) in [6.45, 7) is 1.41. The summed E-state index contributed by atoms with van der Waals surface area (Å²) in [6, 6.07) is 18.5. The second-order valence-corrected chi connectivity index (χ2v) is 9.67. The summed E-state index contributed by atoms with van der Waals surface area (Å²) in [5, 5.41) is 0. The number of anilines is 1. The second kappa shape index (κ2) is 11.1. The summed E-state index contributed by atoms with van der Waals surface area (Å²) in [7, 11) is 1.40. The van der Waals surface area contributed by atoms with Crippen molar-refractivity contribution in [3.8, 4) is 5.75 Å². The van der Waals surface area contributed by atoms with Crippen LogP contribution in [0.2, 0.25) is 0 Å². The number of methoxy groups -OCH3 is 1. The number of likely N-dealkylation sites (N-methyl/N-ethyl adjacent to an activating group) is 1. The second-order valence-electron chi connectivity index (χ2n) is 7.99. The average molecular weight is 486 g/mol. The lowest BCUT2D eigenvalue weighted by atomic mass is 10.1. The molecule has 0 atom stereocenters. The minimum absolute atomic E-state index is 0.0216. The molecule has 0 spiro atoms. The molecule has 1 N–H and O–H groups in total. The summed E-state index contributed by atoms with van der Waals surface area (Å²) < 4.78 is 46.6. The fraction of sp³-hybridized carbons (Fsp3) is 0.240. The van der Waals surface area contributed by atoms with E-state index in [4.69, 9.17) is 4.74 Å². The molecule has 0 saturated heterocycles. The Hall–Kier alpha value is -3.43. The lowest BCUT2D eigenvalue weighted by Gasteiger charge is -2.25. The number of benzene rings is 3. The quantitative estimate of drug-likeness (QED) is 0.472. The van der Waals surface area contributed by atoms with Gasteiger partial charge < -0.3 is 14.5 Å². The van der Waals surface area contributed by atoms with E-state index < -0.39 is 10.0 Å². The van der Waals surface area contributed by atoms with Crippen molar-refractivity contribution in [2.45, 2.75) is 11.4 Å². The van der Waals surface area contributed by atoms with Crippen LogP contribution in [-0.4, -0.2) is 58.4 Å². The topological polar surface area (TPSA) is 78.9 Å². The smallest absolute Gasteiger partial charge is 0.262 e. The van der Waals surface area contributed by atoms with Crippen molar-refractivity contribution >= 4 is 21.6 Å². The molecular formula is C25H28FN3O4S. The highest BCUT2D eigenvalue weighted by atomic mass is 32.2. The third-order valence-electron chi connectivity index (χ3n) is 5.15. The van der Waals surface area contributed by atoms with Crippen LogP contribution in [0, 0.1) is 5.82 Å². The van der Waals surface area contributed by atoms with Gasteiger partial charge in [0.15, 0.2) is 0 Å². The number of sulfonamides is 1. The van der Waals surface area contributed by atoms with Gasteiger partial charge in [-0.1, -0.05) is 24.3 Å². The average Bonchev–Trinajstić information content (AvgIpc) is 2.82. The number of rotatable bonds is 10. The van der Waals surface area contributed by atoms with Crippen LogP contribution in [0.15, 0.2) is 77.7 Å². The van der Waals surface area contributed by atoms with E-state index in [1.54, 1.807) is 41.3 Å². The Morgan fingerprint density at radius 3 is 2.21 bits per heavy atom. The van der Waals surface area contributed by atoms with Gasteiger partial charge in [-0.05, 0) is 68.2 Å². The van der Waals surface area contributed by atoms with Crippen molar-refractivity contribution in [3.05, 3.63) is 89.7 Å². The molecule has 3 aromatic carbocycles. The Kier molecular flexibility index (Phi) is 8.25. The van der Waals surface area contributed by atoms with Crippen molar-refractivity contribution in [2.75, 3.05) is 39.0 Å². The molecule has 3 rings (SSSR count). The number of ether oxygens (including phenoxy) is 1. The molecule has 7 nitrogen and oxygen atoms in total. The minimum atomic E-state index is -3.88. The van der Waals surface area contributed by atoms with Gasteiger partial charge in [0.1, 0.15) is 11.6 Å². The first kappa shape index (κ1) is 25.2. The van der Waals surface area contributed by atoms with E-state index in [1.165, 1.54) is 43.5 Å². The Morgan fingerprint density at radius 1 is 0.941 bits per heavy atom. The van der Waals surface area contributed by atoms with Gasteiger partial charge in [0.2, 0.25) is 0 Å². The maximum Gasteiger partial charge on any atom is 0.262 e. The number of carbonyl (C=O) groups excluding carboxylic acids is 1. The molecule has 0 unspecified atom stereocenters. The van der Waals surface area contributed by atoms with Crippen LogP contribution < -0.4 is 9.46 Å². The maximum absolute atomic E-state index is 13.3. The number of nitrogens with one attached hydrogen (secondary N) is 1. The van der Waals surface area contributed by atoms with Crippen molar-refractivity contribution in [2.24, 2.45) is 0 Å². The fourth-order valence-corrected chi connectivity index (χ4v) is 4.35. The zero-order valence-corrected chi connectivity index (χ0v) is 20.2. The molecule has 34 heavy (non-hydrogen) atoms. The van der Waals surface area contributed by atoms with Crippen LogP contribution in [0.1, 0.15) is 15.9 Å². The van der Waals surface area contributed by atoms with E-state index in [1.807, 2.05) is 19.0 Å². The summed E-state index contributed by atoms with van der Waals surface area (Å²) >= 11 is 0. The Labute approximate surface area is 199 Å². The molecule has 0 aliphatic heterocycles. The number of hydrogen-bond donors (Lipinski definition) is 1. The van der Waals surface area contributed by atoms with Gasteiger partial charge in [-0.2, -0.15) is 0 Å². The van der Waals surface area contributed by atoms with E-state index in [0.717, 1.165) is 5.56 Å². The molecule has 0 bridgehead atoms. The molecular weight excluding hydrogens is 457 g/mol. The summed E-state index contributed by atoms with van der Waals surface area (Å²) in [4.78, 5) is 16.9. The number of carbonyl (C=O) groups is 1.